The fraction of sp³-hybridized carbons (Fsp3) is 0.556. The van der Waals surface area contributed by atoms with Crippen LogP contribution in [0.15, 0.2) is 24.3 Å². The standard InChI is InChI=1S/C18H24N2O3/c1-12-5-2-3-7-16(12)14-9-15(10-14)19-18(23)20-8-4-6-13(11-20)17(21)22/h2-3,5,7,13-15H,4,6,8-11H2,1H3,(H,19,23)(H,21,22). The molecule has 2 amide bonds. The van der Waals surface area contributed by atoms with Crippen LogP contribution >= 0.6 is 0 Å². The van der Waals surface area contributed by atoms with Crippen molar-refractivity contribution in [2.24, 2.45) is 5.92 Å². The van der Waals surface area contributed by atoms with Gasteiger partial charge in [-0.3, -0.25) is 4.79 Å². The summed E-state index contributed by atoms with van der Waals surface area (Å²) in [6.45, 7) is 3.11. The van der Waals surface area contributed by atoms with E-state index < -0.39 is 11.9 Å². The number of hydrogen-bond acceptors (Lipinski definition) is 2. The van der Waals surface area contributed by atoms with Crippen molar-refractivity contribution in [3.63, 3.8) is 0 Å². The van der Waals surface area contributed by atoms with Gasteiger partial charge in [-0.2, -0.15) is 0 Å². The van der Waals surface area contributed by atoms with Gasteiger partial charge in [0, 0.05) is 19.1 Å². The Bertz CT molecular complexity index is 596. The minimum atomic E-state index is -0.800. The summed E-state index contributed by atoms with van der Waals surface area (Å²) in [7, 11) is 0. The highest BCUT2D eigenvalue weighted by molar-refractivity contribution is 5.77. The Morgan fingerprint density at radius 1 is 1.26 bits per heavy atom. The molecule has 124 valence electrons. The maximum absolute atomic E-state index is 12.3. The zero-order chi connectivity index (χ0) is 16.4. The molecule has 1 saturated heterocycles. The molecule has 2 fully saturated rings. The summed E-state index contributed by atoms with van der Waals surface area (Å²) in [6, 6.07) is 8.50. The van der Waals surface area contributed by atoms with Crippen LogP contribution < -0.4 is 5.32 Å². The fourth-order valence-corrected chi connectivity index (χ4v) is 3.66. The van der Waals surface area contributed by atoms with E-state index >= 15 is 0 Å². The van der Waals surface area contributed by atoms with Gasteiger partial charge >= 0.3 is 12.0 Å². The van der Waals surface area contributed by atoms with Gasteiger partial charge in [0.15, 0.2) is 0 Å². The quantitative estimate of drug-likeness (QED) is 0.901. The largest absolute Gasteiger partial charge is 0.481 e. The molecule has 1 heterocycles. The van der Waals surface area contributed by atoms with E-state index in [1.165, 1.54) is 11.1 Å². The molecule has 1 unspecified atom stereocenters. The molecule has 0 bridgehead atoms. The van der Waals surface area contributed by atoms with Crippen LogP contribution in [0.3, 0.4) is 0 Å². The second kappa shape index (κ2) is 6.60. The second-order valence-corrected chi connectivity index (χ2v) is 6.79. The van der Waals surface area contributed by atoms with Crippen molar-refractivity contribution in [3.8, 4) is 0 Å². The third kappa shape index (κ3) is 3.49. The number of hydrogen-bond donors (Lipinski definition) is 2. The van der Waals surface area contributed by atoms with Crippen LogP contribution in [0.4, 0.5) is 4.79 Å². The number of urea groups is 1. The maximum Gasteiger partial charge on any atom is 0.317 e. The highest BCUT2D eigenvalue weighted by Gasteiger charge is 2.34. The Morgan fingerprint density at radius 3 is 2.70 bits per heavy atom. The molecule has 1 aromatic carbocycles. The van der Waals surface area contributed by atoms with Crippen molar-refractivity contribution < 1.29 is 14.7 Å². The molecule has 3 rings (SSSR count). The summed E-state index contributed by atoms with van der Waals surface area (Å²) in [6.07, 6.45) is 3.36. The number of carboxylic acids is 1. The molecule has 2 aliphatic rings. The van der Waals surface area contributed by atoms with Crippen LogP contribution in [-0.2, 0) is 4.79 Å². The number of carboxylic acid groups (broad SMARTS) is 1. The SMILES string of the molecule is Cc1ccccc1C1CC(NC(=O)N2CCCC(C(=O)O)C2)C1. The number of likely N-dealkylation sites (tertiary alicyclic amines) is 1. The van der Waals surface area contributed by atoms with Crippen LogP contribution in [0.2, 0.25) is 0 Å². The van der Waals surface area contributed by atoms with E-state index in [0.717, 1.165) is 19.3 Å². The first-order chi connectivity index (χ1) is 11.0. The molecular weight excluding hydrogens is 292 g/mol. The third-order valence-corrected chi connectivity index (χ3v) is 5.15. The minimum absolute atomic E-state index is 0.107. The number of benzene rings is 1. The minimum Gasteiger partial charge on any atom is -0.481 e. The summed E-state index contributed by atoms with van der Waals surface area (Å²) in [5.41, 5.74) is 2.68. The molecule has 2 N–H and O–H groups in total. The lowest BCUT2D eigenvalue weighted by atomic mass is 9.74. The Hall–Kier alpha value is -2.04. The number of rotatable bonds is 3. The molecule has 0 aromatic heterocycles. The van der Waals surface area contributed by atoms with Gasteiger partial charge in [-0.15, -0.1) is 0 Å². The van der Waals surface area contributed by atoms with E-state index in [0.29, 0.717) is 25.4 Å². The summed E-state index contributed by atoms with van der Waals surface area (Å²) >= 11 is 0. The van der Waals surface area contributed by atoms with E-state index in [1.54, 1.807) is 4.90 Å². The lowest BCUT2D eigenvalue weighted by molar-refractivity contribution is -0.143. The molecule has 5 heteroatoms. The van der Waals surface area contributed by atoms with Gasteiger partial charge < -0.3 is 15.3 Å². The van der Waals surface area contributed by atoms with Gasteiger partial charge in [0.2, 0.25) is 0 Å². The van der Waals surface area contributed by atoms with Crippen LogP contribution in [0.25, 0.3) is 0 Å². The number of aliphatic carboxylic acids is 1. The average molecular weight is 316 g/mol. The number of nitrogens with one attached hydrogen (secondary N) is 1. The van der Waals surface area contributed by atoms with Crippen molar-refractivity contribution in [2.75, 3.05) is 13.1 Å². The van der Waals surface area contributed by atoms with Crippen molar-refractivity contribution in [2.45, 2.75) is 44.6 Å². The van der Waals surface area contributed by atoms with Gasteiger partial charge in [0.25, 0.3) is 0 Å². The monoisotopic (exact) mass is 316 g/mol. The predicted molar refractivity (Wildman–Crippen MR) is 87.4 cm³/mol. The molecule has 1 aromatic rings. The van der Waals surface area contributed by atoms with Gasteiger partial charge in [-0.05, 0) is 49.7 Å². The first kappa shape index (κ1) is 15.8. The average Bonchev–Trinajstić information content (AvgIpc) is 2.51. The zero-order valence-electron chi connectivity index (χ0n) is 13.5. The Kier molecular flexibility index (Phi) is 4.55. The zero-order valence-corrected chi connectivity index (χ0v) is 13.5. The molecule has 1 aliphatic heterocycles. The lowest BCUT2D eigenvalue weighted by Gasteiger charge is -2.39. The fourth-order valence-electron chi connectivity index (χ4n) is 3.66. The topological polar surface area (TPSA) is 69.6 Å². The van der Waals surface area contributed by atoms with Crippen LogP contribution in [0.5, 0.6) is 0 Å². The van der Waals surface area contributed by atoms with E-state index in [9.17, 15) is 9.59 Å². The molecule has 0 spiro atoms. The van der Waals surface area contributed by atoms with Gasteiger partial charge in [0.05, 0.1) is 5.92 Å². The number of aryl methyl sites for hydroxylation is 1. The Morgan fingerprint density at radius 2 is 2.00 bits per heavy atom. The van der Waals surface area contributed by atoms with Gasteiger partial charge in [-0.1, -0.05) is 24.3 Å². The molecule has 1 saturated carbocycles. The van der Waals surface area contributed by atoms with E-state index in [2.05, 4.69) is 30.4 Å². The second-order valence-electron chi connectivity index (χ2n) is 6.79. The molecule has 0 radical (unpaired) electrons. The first-order valence-corrected chi connectivity index (χ1v) is 8.38. The summed E-state index contributed by atoms with van der Waals surface area (Å²) in [5, 5.41) is 12.2. The number of carbonyl (C=O) groups excluding carboxylic acids is 1. The predicted octanol–water partition coefficient (Wildman–Crippen LogP) is 2.75. The van der Waals surface area contributed by atoms with Crippen LogP contribution in [0, 0.1) is 12.8 Å². The third-order valence-electron chi connectivity index (χ3n) is 5.15. The van der Waals surface area contributed by atoms with Crippen molar-refractivity contribution in [1.82, 2.24) is 10.2 Å². The Balaban J connectivity index is 1.49. The van der Waals surface area contributed by atoms with E-state index in [-0.39, 0.29) is 12.1 Å². The summed E-state index contributed by atoms with van der Waals surface area (Å²) < 4.78 is 0. The first-order valence-electron chi connectivity index (χ1n) is 8.38. The summed E-state index contributed by atoms with van der Waals surface area (Å²) in [4.78, 5) is 25.0. The van der Waals surface area contributed by atoms with Crippen LogP contribution in [-0.4, -0.2) is 41.1 Å². The molecule has 1 aliphatic carbocycles. The molecule has 1 atom stereocenters. The van der Waals surface area contributed by atoms with E-state index in [1.807, 2.05) is 6.07 Å². The number of carbonyl (C=O) groups is 2. The molecule has 23 heavy (non-hydrogen) atoms. The van der Waals surface area contributed by atoms with E-state index in [4.69, 9.17) is 5.11 Å². The van der Waals surface area contributed by atoms with Crippen LogP contribution in [0.1, 0.15) is 42.7 Å². The molecular formula is C18H24N2O3. The van der Waals surface area contributed by atoms with Gasteiger partial charge in [-0.25, -0.2) is 4.79 Å². The molecule has 5 nitrogen and oxygen atoms in total. The summed E-state index contributed by atoms with van der Waals surface area (Å²) in [5.74, 6) is -0.698. The number of amides is 2. The lowest BCUT2D eigenvalue weighted by Crippen LogP contribution is -2.52. The van der Waals surface area contributed by atoms with Crippen molar-refractivity contribution in [3.05, 3.63) is 35.4 Å². The maximum atomic E-state index is 12.3. The van der Waals surface area contributed by atoms with Crippen molar-refractivity contribution >= 4 is 12.0 Å². The highest BCUT2D eigenvalue weighted by atomic mass is 16.4. The Labute approximate surface area is 136 Å². The highest BCUT2D eigenvalue weighted by Crippen LogP contribution is 2.38. The number of piperidine rings is 1. The smallest absolute Gasteiger partial charge is 0.317 e. The number of nitrogens with zero attached hydrogens (tertiary/aromatic N) is 1. The van der Waals surface area contributed by atoms with Crippen molar-refractivity contribution in [1.29, 1.82) is 0 Å². The normalized spacial score (nSPS) is 27.2. The van der Waals surface area contributed by atoms with Gasteiger partial charge in [0.1, 0.15) is 0 Å².